The molecule has 0 aliphatic carbocycles. The molecule has 0 amide bonds. The minimum absolute atomic E-state index is 0.266. The summed E-state index contributed by atoms with van der Waals surface area (Å²) in [6.07, 6.45) is 0. The van der Waals surface area contributed by atoms with E-state index in [1.807, 2.05) is 0 Å². The third-order valence-corrected chi connectivity index (χ3v) is 3.03. The lowest BCUT2D eigenvalue weighted by molar-refractivity contribution is 0.322. The molecule has 23 heavy (non-hydrogen) atoms. The van der Waals surface area contributed by atoms with Gasteiger partial charge in [-0.15, -0.1) is 0 Å². The molecule has 0 fully saturated rings. The summed E-state index contributed by atoms with van der Waals surface area (Å²) < 4.78 is 15.0. The van der Waals surface area contributed by atoms with Gasteiger partial charge in [-0.1, -0.05) is 0 Å². The van der Waals surface area contributed by atoms with E-state index in [0.717, 1.165) is 18.0 Å². The summed E-state index contributed by atoms with van der Waals surface area (Å²) in [6.45, 7) is 1.49. The van der Waals surface area contributed by atoms with Gasteiger partial charge < -0.3 is 36.1 Å². The van der Waals surface area contributed by atoms with Crippen molar-refractivity contribution in [1.29, 1.82) is 0 Å². The van der Waals surface area contributed by atoms with E-state index in [-0.39, 0.29) is 5.75 Å². The van der Waals surface area contributed by atoms with Gasteiger partial charge in [0.15, 0.2) is 0 Å². The summed E-state index contributed by atoms with van der Waals surface area (Å²) in [6, 6.07) is 6.59. The number of aromatic nitrogens is 1. The van der Waals surface area contributed by atoms with Crippen molar-refractivity contribution >= 4 is 17.1 Å². The zero-order valence-electron chi connectivity index (χ0n) is 13.0. The van der Waals surface area contributed by atoms with E-state index in [4.69, 9.17) is 30.8 Å². The highest BCUT2D eigenvalue weighted by Gasteiger charge is 2.08. The number of rotatable bonds is 2. The van der Waals surface area contributed by atoms with Crippen molar-refractivity contribution in [1.82, 2.24) is 4.98 Å². The van der Waals surface area contributed by atoms with Crippen LogP contribution in [0.5, 0.6) is 23.3 Å². The number of nitrogens with two attached hydrogens (primary N) is 2. The SMILES string of the molecule is COc1nc(OC)c(N)cc1N.Oc1ccc2c(c1)NCCO2. The molecular weight excluding hydrogens is 300 g/mol. The maximum Gasteiger partial charge on any atom is 0.240 e. The van der Waals surface area contributed by atoms with E-state index >= 15 is 0 Å². The number of aromatic hydroxyl groups is 1. The fraction of sp³-hybridized carbons (Fsp3) is 0.267. The number of anilines is 3. The molecule has 1 aromatic heterocycles. The van der Waals surface area contributed by atoms with Gasteiger partial charge in [-0.2, -0.15) is 4.98 Å². The standard InChI is InChI=1S/C8H9NO2.C7H11N3O2/c10-6-1-2-8-7(5-6)9-3-4-11-8;1-11-6-4(8)3-5(9)7(10-6)12-2/h1-2,5,9-10H,3-4H2;3H,8-9H2,1-2H3. The Balaban J connectivity index is 0.000000167. The van der Waals surface area contributed by atoms with E-state index in [1.165, 1.54) is 14.2 Å². The molecule has 0 bridgehead atoms. The number of nitrogen functional groups attached to an aromatic ring is 2. The van der Waals surface area contributed by atoms with Gasteiger partial charge in [-0.25, -0.2) is 0 Å². The smallest absolute Gasteiger partial charge is 0.240 e. The molecule has 1 aliphatic rings. The average molecular weight is 320 g/mol. The van der Waals surface area contributed by atoms with Gasteiger partial charge in [0.1, 0.15) is 18.1 Å². The quantitative estimate of drug-likeness (QED) is 0.655. The molecule has 0 saturated carbocycles. The number of nitrogens with zero attached hydrogens (tertiary/aromatic N) is 1. The van der Waals surface area contributed by atoms with E-state index in [1.54, 1.807) is 24.3 Å². The lowest BCUT2D eigenvalue weighted by Gasteiger charge is -2.18. The molecule has 0 unspecified atom stereocenters. The summed E-state index contributed by atoms with van der Waals surface area (Å²) in [5.74, 6) is 1.72. The second-order valence-corrected chi connectivity index (χ2v) is 4.64. The number of nitrogens with one attached hydrogen (secondary N) is 1. The van der Waals surface area contributed by atoms with Crippen molar-refractivity contribution in [3.8, 4) is 23.3 Å². The van der Waals surface area contributed by atoms with Gasteiger partial charge in [-0.3, -0.25) is 0 Å². The topological polar surface area (TPSA) is 125 Å². The number of hydrogen-bond acceptors (Lipinski definition) is 8. The number of methoxy groups -OCH3 is 2. The Hall–Kier alpha value is -3.03. The molecule has 2 aromatic rings. The third-order valence-electron chi connectivity index (χ3n) is 3.03. The van der Waals surface area contributed by atoms with Crippen LogP contribution in [0.4, 0.5) is 17.1 Å². The first-order valence-corrected chi connectivity index (χ1v) is 6.88. The van der Waals surface area contributed by atoms with E-state index in [0.29, 0.717) is 29.7 Å². The number of hydrogen-bond donors (Lipinski definition) is 4. The second-order valence-electron chi connectivity index (χ2n) is 4.64. The normalized spacial score (nSPS) is 11.9. The predicted molar refractivity (Wildman–Crippen MR) is 88.3 cm³/mol. The Bertz CT molecular complexity index is 654. The number of benzene rings is 1. The zero-order valence-corrected chi connectivity index (χ0v) is 13.0. The Morgan fingerprint density at radius 2 is 1.78 bits per heavy atom. The van der Waals surface area contributed by atoms with Crippen LogP contribution >= 0.6 is 0 Å². The maximum atomic E-state index is 9.09. The lowest BCUT2D eigenvalue weighted by Crippen LogP contribution is -2.17. The fourth-order valence-electron chi connectivity index (χ4n) is 1.97. The van der Waals surface area contributed by atoms with Crippen molar-refractivity contribution in [3.63, 3.8) is 0 Å². The molecule has 124 valence electrons. The maximum absolute atomic E-state index is 9.09. The lowest BCUT2D eigenvalue weighted by atomic mass is 10.2. The van der Waals surface area contributed by atoms with E-state index < -0.39 is 0 Å². The molecular formula is C15H20N4O4. The first-order chi connectivity index (χ1) is 11.0. The molecule has 3 rings (SSSR count). The van der Waals surface area contributed by atoms with Crippen LogP contribution in [0.1, 0.15) is 0 Å². The van der Waals surface area contributed by atoms with Crippen LogP contribution in [0.2, 0.25) is 0 Å². The van der Waals surface area contributed by atoms with Crippen LogP contribution < -0.4 is 31.0 Å². The minimum Gasteiger partial charge on any atom is -0.508 e. The van der Waals surface area contributed by atoms with Crippen LogP contribution in [-0.4, -0.2) is 37.5 Å². The minimum atomic E-state index is 0.266. The summed E-state index contributed by atoms with van der Waals surface area (Å²) in [4.78, 5) is 3.91. The fourth-order valence-corrected chi connectivity index (χ4v) is 1.97. The molecule has 8 heteroatoms. The highest BCUT2D eigenvalue weighted by atomic mass is 16.5. The number of fused-ring (bicyclic) bond motifs is 1. The Morgan fingerprint density at radius 1 is 1.13 bits per heavy atom. The van der Waals surface area contributed by atoms with Gasteiger partial charge in [0.25, 0.3) is 0 Å². The van der Waals surface area contributed by atoms with Gasteiger partial charge in [0, 0.05) is 12.6 Å². The molecule has 0 atom stereocenters. The van der Waals surface area contributed by atoms with Crippen molar-refractivity contribution in [2.75, 3.05) is 44.2 Å². The van der Waals surface area contributed by atoms with Crippen LogP contribution in [0.25, 0.3) is 0 Å². The summed E-state index contributed by atoms with van der Waals surface area (Å²) in [5, 5.41) is 12.2. The molecule has 8 nitrogen and oxygen atoms in total. The van der Waals surface area contributed by atoms with E-state index in [2.05, 4.69) is 10.3 Å². The molecule has 0 spiro atoms. The van der Waals surface area contributed by atoms with Crippen LogP contribution in [0.3, 0.4) is 0 Å². The zero-order chi connectivity index (χ0) is 16.8. The number of ether oxygens (including phenoxy) is 3. The number of pyridine rings is 1. The van der Waals surface area contributed by atoms with Gasteiger partial charge >= 0.3 is 0 Å². The van der Waals surface area contributed by atoms with Crippen LogP contribution in [0.15, 0.2) is 24.3 Å². The Labute approximate surface area is 134 Å². The predicted octanol–water partition coefficient (Wildman–Crippen LogP) is 1.46. The van der Waals surface area contributed by atoms with Gasteiger partial charge in [-0.05, 0) is 18.2 Å². The van der Waals surface area contributed by atoms with Gasteiger partial charge in [0.05, 0.1) is 31.3 Å². The summed E-state index contributed by atoms with van der Waals surface area (Å²) in [7, 11) is 2.96. The number of phenolic OH excluding ortho intramolecular Hbond substituents is 1. The van der Waals surface area contributed by atoms with Crippen molar-refractivity contribution in [3.05, 3.63) is 24.3 Å². The van der Waals surface area contributed by atoms with E-state index in [9.17, 15) is 0 Å². The van der Waals surface area contributed by atoms with Crippen molar-refractivity contribution < 1.29 is 19.3 Å². The Kier molecular flexibility index (Phi) is 5.19. The largest absolute Gasteiger partial charge is 0.508 e. The molecule has 1 aromatic carbocycles. The summed E-state index contributed by atoms with van der Waals surface area (Å²) in [5.41, 5.74) is 12.7. The van der Waals surface area contributed by atoms with Crippen LogP contribution in [0, 0.1) is 0 Å². The second kappa shape index (κ2) is 7.30. The number of phenols is 1. The monoisotopic (exact) mass is 320 g/mol. The van der Waals surface area contributed by atoms with Crippen LogP contribution in [-0.2, 0) is 0 Å². The highest BCUT2D eigenvalue weighted by Crippen LogP contribution is 2.30. The first kappa shape index (κ1) is 16.3. The third kappa shape index (κ3) is 4.00. The molecule has 2 heterocycles. The average Bonchev–Trinajstić information content (AvgIpc) is 2.55. The Morgan fingerprint density at radius 3 is 2.39 bits per heavy atom. The molecule has 6 N–H and O–H groups in total. The first-order valence-electron chi connectivity index (χ1n) is 6.88. The highest BCUT2D eigenvalue weighted by molar-refractivity contribution is 5.62. The van der Waals surface area contributed by atoms with Crippen molar-refractivity contribution in [2.24, 2.45) is 0 Å². The van der Waals surface area contributed by atoms with Crippen molar-refractivity contribution in [2.45, 2.75) is 0 Å². The molecule has 0 radical (unpaired) electrons. The van der Waals surface area contributed by atoms with Gasteiger partial charge in [0.2, 0.25) is 11.8 Å². The summed E-state index contributed by atoms with van der Waals surface area (Å²) >= 11 is 0. The molecule has 0 saturated heterocycles. The molecule has 1 aliphatic heterocycles.